The minimum Gasteiger partial charge on any atom is -0.345 e. The number of thiol groups is 1. The van der Waals surface area contributed by atoms with Crippen LogP contribution in [0.25, 0.3) is 0 Å². The Balaban J connectivity index is 3.39. The molecule has 9 heavy (non-hydrogen) atoms. The molecule has 4 heteroatoms. The van der Waals surface area contributed by atoms with Gasteiger partial charge in [0.25, 0.3) is 0 Å². The quantitative estimate of drug-likeness (QED) is 0.425. The molecule has 0 atom stereocenters. The van der Waals surface area contributed by atoms with Crippen LogP contribution >= 0.6 is 12.6 Å². The summed E-state index contributed by atoms with van der Waals surface area (Å²) in [5.74, 6) is -0.364. The largest absolute Gasteiger partial charge is 0.345 e. The zero-order valence-corrected chi connectivity index (χ0v) is 5.65. The van der Waals surface area contributed by atoms with Crippen LogP contribution in [0.4, 0.5) is 0 Å². The van der Waals surface area contributed by atoms with Crippen LogP contribution in [0.15, 0.2) is 12.7 Å². The molecule has 0 saturated heterocycles. The first kappa shape index (κ1) is 8.23. The fraction of sp³-hybridized carbons (Fsp3) is 0.200. The molecule has 1 amide bonds. The van der Waals surface area contributed by atoms with Gasteiger partial charge in [-0.05, 0) is 6.08 Å². The molecule has 3 nitrogen and oxygen atoms in total. The van der Waals surface area contributed by atoms with E-state index in [0.717, 1.165) is 6.08 Å². The van der Waals surface area contributed by atoms with E-state index in [1.807, 2.05) is 0 Å². The maximum absolute atomic E-state index is 10.3. The first-order valence-corrected chi connectivity index (χ1v) is 2.73. The summed E-state index contributed by atoms with van der Waals surface area (Å²) in [5, 5.41) is 1.88. The zero-order chi connectivity index (χ0) is 7.28. The molecule has 0 heterocycles. The van der Waals surface area contributed by atoms with Gasteiger partial charge in [-0.3, -0.25) is 9.59 Å². The van der Waals surface area contributed by atoms with Gasteiger partial charge in [0.15, 0.2) is 0 Å². The Morgan fingerprint density at radius 2 is 2.22 bits per heavy atom. The van der Waals surface area contributed by atoms with Gasteiger partial charge in [0, 0.05) is 0 Å². The highest BCUT2D eigenvalue weighted by Gasteiger charge is 1.94. The van der Waals surface area contributed by atoms with E-state index in [0.29, 0.717) is 0 Å². The molecule has 0 radical (unpaired) electrons. The van der Waals surface area contributed by atoms with Crippen molar-refractivity contribution < 1.29 is 9.59 Å². The fourth-order valence-electron chi connectivity index (χ4n) is 0.235. The van der Waals surface area contributed by atoms with Crippen LogP contribution in [-0.4, -0.2) is 17.6 Å². The first-order valence-electron chi connectivity index (χ1n) is 2.29. The highest BCUT2D eigenvalue weighted by molar-refractivity contribution is 7.96. The minimum absolute atomic E-state index is 0.0477. The van der Waals surface area contributed by atoms with Crippen LogP contribution in [0.1, 0.15) is 0 Å². The summed E-state index contributed by atoms with van der Waals surface area (Å²) in [7, 11) is 0. The lowest BCUT2D eigenvalue weighted by Gasteiger charge is -1.93. The summed E-state index contributed by atoms with van der Waals surface area (Å²) in [4.78, 5) is 20.4. The Morgan fingerprint density at radius 3 is 2.56 bits per heavy atom. The molecule has 0 aliphatic heterocycles. The van der Waals surface area contributed by atoms with Crippen LogP contribution in [0.5, 0.6) is 0 Å². The van der Waals surface area contributed by atoms with Gasteiger partial charge in [0.05, 0.1) is 6.54 Å². The second-order valence-corrected chi connectivity index (χ2v) is 1.81. The normalized spacial score (nSPS) is 8.11. The number of hydrogen-bond donors (Lipinski definition) is 2. The van der Waals surface area contributed by atoms with Gasteiger partial charge in [-0.2, -0.15) is 0 Å². The van der Waals surface area contributed by atoms with Crippen molar-refractivity contribution in [2.75, 3.05) is 6.54 Å². The van der Waals surface area contributed by atoms with E-state index in [9.17, 15) is 9.59 Å². The van der Waals surface area contributed by atoms with E-state index in [4.69, 9.17) is 0 Å². The smallest absolute Gasteiger partial charge is 0.243 e. The molecular weight excluding hydrogens is 138 g/mol. The monoisotopic (exact) mass is 145 g/mol. The Labute approximate surface area is 58.5 Å². The zero-order valence-electron chi connectivity index (χ0n) is 4.76. The van der Waals surface area contributed by atoms with Crippen molar-refractivity contribution in [1.29, 1.82) is 0 Å². The SMILES string of the molecule is C=CC(=O)NCC(=O)S. The molecule has 50 valence electrons. The van der Waals surface area contributed by atoms with Crippen molar-refractivity contribution in [3.05, 3.63) is 12.7 Å². The van der Waals surface area contributed by atoms with Gasteiger partial charge in [-0.15, -0.1) is 12.6 Å². The molecule has 0 rings (SSSR count). The second-order valence-electron chi connectivity index (χ2n) is 1.32. The van der Waals surface area contributed by atoms with Crippen LogP contribution in [0.3, 0.4) is 0 Å². The van der Waals surface area contributed by atoms with E-state index in [-0.39, 0.29) is 17.6 Å². The number of hydrogen-bond acceptors (Lipinski definition) is 2. The highest BCUT2D eigenvalue weighted by Crippen LogP contribution is 1.74. The molecule has 0 saturated carbocycles. The highest BCUT2D eigenvalue weighted by atomic mass is 32.1. The summed E-state index contributed by atoms with van der Waals surface area (Å²) >= 11 is 3.42. The van der Waals surface area contributed by atoms with Gasteiger partial charge < -0.3 is 5.32 Å². The standard InChI is InChI=1S/C5H7NO2S/c1-2-4(7)6-3-5(8)9/h2H,1,3H2,(H,6,7)(H,8,9). The predicted molar refractivity (Wildman–Crippen MR) is 37.2 cm³/mol. The van der Waals surface area contributed by atoms with Gasteiger partial charge in [0.1, 0.15) is 0 Å². The molecule has 1 N–H and O–H groups in total. The molecular formula is C5H7NO2S. The average Bonchev–Trinajstić information content (AvgIpc) is 1.83. The number of carbonyl (C=O) groups excluding carboxylic acids is 2. The summed E-state index contributed by atoms with van der Waals surface area (Å²) in [6.45, 7) is 3.14. The third kappa shape index (κ3) is 5.10. The average molecular weight is 145 g/mol. The maximum Gasteiger partial charge on any atom is 0.243 e. The van der Waals surface area contributed by atoms with Crippen molar-refractivity contribution in [1.82, 2.24) is 5.32 Å². The third-order valence-electron chi connectivity index (χ3n) is 0.599. The van der Waals surface area contributed by atoms with Crippen LogP contribution < -0.4 is 5.32 Å². The van der Waals surface area contributed by atoms with Crippen LogP contribution in [0.2, 0.25) is 0 Å². The van der Waals surface area contributed by atoms with E-state index in [1.165, 1.54) is 0 Å². The van der Waals surface area contributed by atoms with Crippen LogP contribution in [-0.2, 0) is 9.59 Å². The van der Waals surface area contributed by atoms with Crippen molar-refractivity contribution in [2.24, 2.45) is 0 Å². The Kier molecular flexibility index (Phi) is 3.79. The Hall–Kier alpha value is -0.770. The fourth-order valence-corrected chi connectivity index (χ4v) is 0.314. The molecule has 0 spiro atoms. The molecule has 0 aromatic carbocycles. The lowest BCUT2D eigenvalue weighted by atomic mass is 10.5. The van der Waals surface area contributed by atoms with E-state index in [1.54, 1.807) is 0 Å². The molecule has 0 fully saturated rings. The summed E-state index contributed by atoms with van der Waals surface area (Å²) in [6, 6.07) is 0. The van der Waals surface area contributed by atoms with Crippen molar-refractivity contribution in [2.45, 2.75) is 0 Å². The van der Waals surface area contributed by atoms with Gasteiger partial charge in [-0.1, -0.05) is 6.58 Å². The van der Waals surface area contributed by atoms with E-state index in [2.05, 4.69) is 24.5 Å². The maximum atomic E-state index is 10.3. The molecule has 0 aromatic heterocycles. The summed E-state index contributed by atoms with van der Waals surface area (Å²) in [6.07, 6.45) is 1.09. The van der Waals surface area contributed by atoms with E-state index >= 15 is 0 Å². The lowest BCUT2D eigenvalue weighted by Crippen LogP contribution is -2.25. The van der Waals surface area contributed by atoms with Crippen LogP contribution in [0, 0.1) is 0 Å². The molecule has 0 bridgehead atoms. The summed E-state index contributed by atoms with van der Waals surface area (Å²) < 4.78 is 0. The van der Waals surface area contributed by atoms with Gasteiger partial charge >= 0.3 is 0 Å². The van der Waals surface area contributed by atoms with Crippen molar-refractivity contribution in [3.63, 3.8) is 0 Å². The number of nitrogens with one attached hydrogen (secondary N) is 1. The molecule has 0 unspecified atom stereocenters. The number of rotatable bonds is 3. The Morgan fingerprint density at radius 1 is 1.67 bits per heavy atom. The van der Waals surface area contributed by atoms with Gasteiger partial charge in [0.2, 0.25) is 11.0 Å². The van der Waals surface area contributed by atoms with Gasteiger partial charge in [-0.25, -0.2) is 0 Å². The predicted octanol–water partition coefficient (Wildman–Crippen LogP) is -0.255. The number of carbonyl (C=O) groups is 2. The summed E-state index contributed by atoms with van der Waals surface area (Å²) in [5.41, 5.74) is 0. The molecule has 0 aromatic rings. The first-order chi connectivity index (χ1) is 4.16. The minimum atomic E-state index is -0.370. The van der Waals surface area contributed by atoms with Crippen molar-refractivity contribution in [3.8, 4) is 0 Å². The lowest BCUT2D eigenvalue weighted by molar-refractivity contribution is -0.119. The molecule has 0 aliphatic rings. The van der Waals surface area contributed by atoms with Crippen molar-refractivity contribution >= 4 is 23.7 Å². The van der Waals surface area contributed by atoms with E-state index < -0.39 is 0 Å². The Bertz CT molecular complexity index is 144. The topological polar surface area (TPSA) is 46.2 Å². The third-order valence-corrected chi connectivity index (χ3v) is 0.757. The number of amides is 1. The second kappa shape index (κ2) is 4.14. The molecule has 0 aliphatic carbocycles.